The Hall–Kier alpha value is -1.02. The number of carbonyl (C=O) groups is 1. The molecule has 2 N–H and O–H groups in total. The average Bonchev–Trinajstić information content (AvgIpc) is 2.50. The summed E-state index contributed by atoms with van der Waals surface area (Å²) < 4.78 is 25.6. The number of anilines is 1. The van der Waals surface area contributed by atoms with Gasteiger partial charge in [-0.3, -0.25) is 4.79 Å². The number of carbonyl (C=O) groups excluding carboxylic acids is 1. The highest BCUT2D eigenvalue weighted by atomic mass is 32.2. The second-order valence-electron chi connectivity index (χ2n) is 2.18. The molecule has 6 nitrogen and oxygen atoms in total. The first-order valence-electron chi connectivity index (χ1n) is 3.34. The molecule has 0 aliphatic carbocycles. The van der Waals surface area contributed by atoms with Gasteiger partial charge >= 0.3 is 0 Å². The van der Waals surface area contributed by atoms with Gasteiger partial charge in [0, 0.05) is 0 Å². The molecule has 1 aromatic heterocycles. The second kappa shape index (κ2) is 3.38. The van der Waals surface area contributed by atoms with Crippen molar-refractivity contribution in [2.45, 2.75) is 6.92 Å². The zero-order valence-corrected chi connectivity index (χ0v) is 8.35. The van der Waals surface area contributed by atoms with Gasteiger partial charge in [-0.15, -0.1) is 5.10 Å². The lowest BCUT2D eigenvalue weighted by molar-refractivity contribution is 0.108. The minimum atomic E-state index is -3.73. The lowest BCUT2D eigenvalue weighted by atomic mass is 10.5. The third-order valence-corrected chi connectivity index (χ3v) is 3.76. The van der Waals surface area contributed by atoms with Crippen molar-refractivity contribution in [3.8, 4) is 0 Å². The molecule has 0 radical (unpaired) electrons. The van der Waals surface area contributed by atoms with Crippen LogP contribution in [-0.2, 0) is 9.84 Å². The van der Waals surface area contributed by atoms with Crippen LogP contribution < -0.4 is 5.73 Å². The van der Waals surface area contributed by atoms with Gasteiger partial charge in [0.15, 0.2) is 10.7 Å². The Kier molecular flexibility index (Phi) is 2.62. The molecule has 0 atom stereocenters. The molecule has 0 aliphatic rings. The minimum absolute atomic E-state index is 0.109. The van der Waals surface area contributed by atoms with E-state index in [1.54, 1.807) is 0 Å². The maximum Gasteiger partial charge on any atom is 0.291 e. The van der Waals surface area contributed by atoms with Crippen molar-refractivity contribution in [1.29, 1.82) is 0 Å². The third-order valence-electron chi connectivity index (χ3n) is 1.36. The Balaban J connectivity index is 3.14. The molecule has 0 saturated carbocycles. The first-order chi connectivity index (χ1) is 5.99. The SMILES string of the molecule is CCS(=O)(=O)C(=O)c1snnc1N. The Morgan fingerprint density at radius 3 is 2.62 bits per heavy atom. The molecule has 13 heavy (non-hydrogen) atoms. The summed E-state index contributed by atoms with van der Waals surface area (Å²) in [5.74, 6) is -0.379. The number of rotatable bonds is 2. The Labute approximate surface area is 78.8 Å². The van der Waals surface area contributed by atoms with Crippen LogP contribution in [0.5, 0.6) is 0 Å². The van der Waals surface area contributed by atoms with Crippen LogP contribution in [0.25, 0.3) is 0 Å². The van der Waals surface area contributed by atoms with Gasteiger partial charge in [-0.1, -0.05) is 11.4 Å². The summed E-state index contributed by atoms with van der Waals surface area (Å²) in [5, 5.41) is 2.35. The highest BCUT2D eigenvalue weighted by Gasteiger charge is 2.26. The predicted octanol–water partition coefficient (Wildman–Crippen LogP) is -0.305. The topological polar surface area (TPSA) is 103 Å². The molecule has 0 spiro atoms. The molecule has 0 fully saturated rings. The Morgan fingerprint density at radius 2 is 2.23 bits per heavy atom. The van der Waals surface area contributed by atoms with Crippen molar-refractivity contribution >= 4 is 32.3 Å². The number of hydrogen-bond acceptors (Lipinski definition) is 7. The van der Waals surface area contributed by atoms with E-state index in [9.17, 15) is 13.2 Å². The molecule has 0 bridgehead atoms. The van der Waals surface area contributed by atoms with E-state index in [2.05, 4.69) is 9.59 Å². The van der Waals surface area contributed by atoms with E-state index in [4.69, 9.17) is 5.73 Å². The number of sulfone groups is 1. The molecule has 72 valence electrons. The zero-order chi connectivity index (χ0) is 10.1. The molecule has 1 heterocycles. The van der Waals surface area contributed by atoms with Gasteiger partial charge in [-0.25, -0.2) is 8.42 Å². The number of nitrogens with two attached hydrogens (primary N) is 1. The van der Waals surface area contributed by atoms with Crippen molar-refractivity contribution < 1.29 is 13.2 Å². The van der Waals surface area contributed by atoms with Crippen LogP contribution in [0.4, 0.5) is 5.82 Å². The van der Waals surface area contributed by atoms with E-state index in [1.165, 1.54) is 6.92 Å². The number of aromatic nitrogens is 2. The fraction of sp³-hybridized carbons (Fsp3) is 0.400. The molecule has 0 amide bonds. The van der Waals surface area contributed by atoms with E-state index in [0.29, 0.717) is 11.5 Å². The van der Waals surface area contributed by atoms with Crippen molar-refractivity contribution in [2.24, 2.45) is 0 Å². The monoisotopic (exact) mass is 221 g/mol. The summed E-state index contributed by atoms with van der Waals surface area (Å²) in [6.45, 7) is 1.39. The lowest BCUT2D eigenvalue weighted by Gasteiger charge is -1.95. The molecular formula is C5H7N3O3S2. The summed E-state index contributed by atoms with van der Waals surface area (Å²) in [6.07, 6.45) is 0. The van der Waals surface area contributed by atoms with Crippen LogP contribution in [0.1, 0.15) is 16.6 Å². The number of nitrogens with zero attached hydrogens (tertiary/aromatic N) is 2. The van der Waals surface area contributed by atoms with Crippen molar-refractivity contribution in [1.82, 2.24) is 9.59 Å². The normalized spacial score (nSPS) is 11.5. The quantitative estimate of drug-likeness (QED) is 0.735. The Bertz CT molecular complexity index is 422. The highest BCUT2D eigenvalue weighted by molar-refractivity contribution is 8.06. The van der Waals surface area contributed by atoms with Crippen LogP contribution in [0.3, 0.4) is 0 Å². The Morgan fingerprint density at radius 1 is 1.62 bits per heavy atom. The van der Waals surface area contributed by atoms with Gasteiger partial charge in [0.05, 0.1) is 5.75 Å². The van der Waals surface area contributed by atoms with Crippen LogP contribution in [0.2, 0.25) is 0 Å². The summed E-state index contributed by atoms with van der Waals surface area (Å²) in [6, 6.07) is 0. The molecule has 1 aromatic rings. The highest BCUT2D eigenvalue weighted by Crippen LogP contribution is 2.16. The summed E-state index contributed by atoms with van der Waals surface area (Å²) in [4.78, 5) is 11.1. The standard InChI is InChI=1S/C5H7N3O3S2/c1-2-13(10,11)5(9)3-4(6)7-8-12-3/h2,6H2,1H3. The van der Waals surface area contributed by atoms with Gasteiger partial charge in [-0.2, -0.15) is 0 Å². The first kappa shape index (κ1) is 10.1. The van der Waals surface area contributed by atoms with E-state index in [0.717, 1.165) is 0 Å². The molecule has 0 aliphatic heterocycles. The maximum atomic E-state index is 11.2. The molecule has 0 saturated heterocycles. The van der Waals surface area contributed by atoms with Crippen molar-refractivity contribution in [3.63, 3.8) is 0 Å². The second-order valence-corrected chi connectivity index (χ2v) is 5.11. The molecule has 8 heteroatoms. The fourth-order valence-corrected chi connectivity index (χ4v) is 2.17. The van der Waals surface area contributed by atoms with E-state index in [-0.39, 0.29) is 16.4 Å². The van der Waals surface area contributed by atoms with Gasteiger partial charge < -0.3 is 5.73 Å². The van der Waals surface area contributed by atoms with Gasteiger partial charge in [0.1, 0.15) is 0 Å². The number of hydrogen-bond donors (Lipinski definition) is 1. The third kappa shape index (κ3) is 1.83. The summed E-state index contributed by atoms with van der Waals surface area (Å²) >= 11 is 0.685. The smallest absolute Gasteiger partial charge is 0.291 e. The molecule has 0 unspecified atom stereocenters. The fourth-order valence-electron chi connectivity index (χ4n) is 0.612. The summed E-state index contributed by atoms with van der Waals surface area (Å²) in [5.41, 5.74) is 5.24. The van der Waals surface area contributed by atoms with Crippen LogP contribution >= 0.6 is 11.5 Å². The minimum Gasteiger partial charge on any atom is -0.381 e. The van der Waals surface area contributed by atoms with E-state index >= 15 is 0 Å². The largest absolute Gasteiger partial charge is 0.381 e. The predicted molar refractivity (Wildman–Crippen MR) is 48.1 cm³/mol. The average molecular weight is 221 g/mol. The van der Waals surface area contributed by atoms with Gasteiger partial charge in [0.2, 0.25) is 9.84 Å². The zero-order valence-electron chi connectivity index (χ0n) is 6.72. The van der Waals surface area contributed by atoms with E-state index < -0.39 is 15.0 Å². The van der Waals surface area contributed by atoms with Crippen LogP contribution in [-0.4, -0.2) is 28.9 Å². The maximum absolute atomic E-state index is 11.2. The molecule has 1 rings (SSSR count). The van der Waals surface area contributed by atoms with Gasteiger partial charge in [-0.05, 0) is 11.5 Å². The number of nitrogen functional groups attached to an aromatic ring is 1. The van der Waals surface area contributed by atoms with E-state index in [1.807, 2.05) is 0 Å². The van der Waals surface area contributed by atoms with Crippen LogP contribution in [0, 0.1) is 0 Å². The van der Waals surface area contributed by atoms with Crippen molar-refractivity contribution in [3.05, 3.63) is 4.88 Å². The van der Waals surface area contributed by atoms with Crippen molar-refractivity contribution in [2.75, 3.05) is 11.5 Å². The van der Waals surface area contributed by atoms with Gasteiger partial charge in [0.25, 0.3) is 5.12 Å². The lowest BCUT2D eigenvalue weighted by Crippen LogP contribution is -2.17. The summed E-state index contributed by atoms with van der Waals surface area (Å²) in [7, 11) is -3.73. The van der Waals surface area contributed by atoms with Crippen LogP contribution in [0.15, 0.2) is 0 Å². The molecule has 0 aromatic carbocycles. The molecular weight excluding hydrogens is 214 g/mol. The first-order valence-corrected chi connectivity index (χ1v) is 5.76.